The SMILES string of the molecule is CS(=O)(=O)N(c1ccccc1)c1ccc(-c2ccccc2)n1Cc1cccc(Br)c1. The van der Waals surface area contributed by atoms with Crippen molar-refractivity contribution >= 4 is 37.5 Å². The largest absolute Gasteiger partial charge is 0.322 e. The molecule has 0 atom stereocenters. The molecule has 0 amide bonds. The minimum Gasteiger partial charge on any atom is -0.322 e. The predicted molar refractivity (Wildman–Crippen MR) is 127 cm³/mol. The van der Waals surface area contributed by atoms with Crippen molar-refractivity contribution in [3.8, 4) is 11.3 Å². The molecule has 0 radical (unpaired) electrons. The van der Waals surface area contributed by atoms with Crippen molar-refractivity contribution in [2.45, 2.75) is 6.54 Å². The summed E-state index contributed by atoms with van der Waals surface area (Å²) in [5.74, 6) is 0.600. The van der Waals surface area contributed by atoms with E-state index in [0.717, 1.165) is 21.3 Å². The molecule has 152 valence electrons. The Hall–Kier alpha value is -2.83. The van der Waals surface area contributed by atoms with Gasteiger partial charge >= 0.3 is 0 Å². The van der Waals surface area contributed by atoms with Gasteiger partial charge in [-0.25, -0.2) is 12.7 Å². The van der Waals surface area contributed by atoms with E-state index in [1.165, 1.54) is 10.6 Å². The number of sulfonamides is 1. The highest BCUT2D eigenvalue weighted by molar-refractivity contribution is 9.10. The Morgan fingerprint density at radius 2 is 1.50 bits per heavy atom. The number of hydrogen-bond acceptors (Lipinski definition) is 2. The monoisotopic (exact) mass is 480 g/mol. The van der Waals surface area contributed by atoms with Crippen LogP contribution in [0.25, 0.3) is 11.3 Å². The summed E-state index contributed by atoms with van der Waals surface area (Å²) >= 11 is 3.53. The first-order chi connectivity index (χ1) is 14.4. The standard InChI is InChI=1S/C24H21BrN2O2S/c1-30(28,29)27(22-13-6-3-7-14-22)24-16-15-23(20-10-4-2-5-11-20)26(24)18-19-9-8-12-21(25)17-19/h2-17H,18H2,1H3. The Labute approximate surface area is 185 Å². The van der Waals surface area contributed by atoms with Crippen molar-refractivity contribution in [1.82, 2.24) is 4.57 Å². The molecule has 0 fully saturated rings. The van der Waals surface area contributed by atoms with Crippen molar-refractivity contribution < 1.29 is 8.42 Å². The first-order valence-corrected chi connectivity index (χ1v) is 12.1. The number of rotatable bonds is 6. The maximum Gasteiger partial charge on any atom is 0.237 e. The van der Waals surface area contributed by atoms with Crippen molar-refractivity contribution in [3.63, 3.8) is 0 Å². The summed E-state index contributed by atoms with van der Waals surface area (Å²) in [6.07, 6.45) is 1.23. The molecule has 0 saturated carbocycles. The lowest BCUT2D eigenvalue weighted by atomic mass is 10.1. The Kier molecular flexibility index (Phi) is 5.79. The topological polar surface area (TPSA) is 42.3 Å². The van der Waals surface area contributed by atoms with Gasteiger partial charge < -0.3 is 4.57 Å². The quantitative estimate of drug-likeness (QED) is 0.336. The minimum atomic E-state index is -3.56. The molecule has 0 aliphatic rings. The van der Waals surface area contributed by atoms with Crippen LogP contribution in [0.2, 0.25) is 0 Å². The molecule has 4 nitrogen and oxygen atoms in total. The van der Waals surface area contributed by atoms with E-state index < -0.39 is 10.0 Å². The van der Waals surface area contributed by atoms with Gasteiger partial charge in [0.2, 0.25) is 10.0 Å². The number of para-hydroxylation sites is 1. The predicted octanol–water partition coefficient (Wildman–Crippen LogP) is 6.06. The van der Waals surface area contributed by atoms with Crippen LogP contribution in [0.5, 0.6) is 0 Å². The van der Waals surface area contributed by atoms with Gasteiger partial charge in [0, 0.05) is 11.0 Å². The van der Waals surface area contributed by atoms with E-state index in [1.54, 1.807) is 12.1 Å². The van der Waals surface area contributed by atoms with E-state index in [4.69, 9.17) is 0 Å². The first-order valence-electron chi connectivity index (χ1n) is 9.48. The van der Waals surface area contributed by atoms with E-state index in [9.17, 15) is 8.42 Å². The van der Waals surface area contributed by atoms with Gasteiger partial charge in [0.15, 0.2) is 0 Å². The van der Waals surface area contributed by atoms with Gasteiger partial charge in [-0.05, 0) is 47.5 Å². The highest BCUT2D eigenvalue weighted by Crippen LogP contribution is 2.34. The molecule has 4 rings (SSSR count). The zero-order valence-corrected chi connectivity index (χ0v) is 18.8. The second-order valence-electron chi connectivity index (χ2n) is 7.02. The van der Waals surface area contributed by atoms with Gasteiger partial charge in [-0.3, -0.25) is 0 Å². The van der Waals surface area contributed by atoms with Gasteiger partial charge in [0.05, 0.1) is 17.6 Å². The third kappa shape index (κ3) is 4.35. The average Bonchev–Trinajstić information content (AvgIpc) is 3.11. The zero-order chi connectivity index (χ0) is 21.1. The first kappa shape index (κ1) is 20.4. The number of anilines is 2. The van der Waals surface area contributed by atoms with Crippen LogP contribution in [-0.4, -0.2) is 19.2 Å². The Balaban J connectivity index is 1.92. The van der Waals surface area contributed by atoms with Crippen molar-refractivity contribution in [3.05, 3.63) is 107 Å². The molecule has 0 bridgehead atoms. The molecule has 1 heterocycles. The van der Waals surface area contributed by atoms with E-state index in [1.807, 2.05) is 89.5 Å². The van der Waals surface area contributed by atoms with Gasteiger partial charge in [0.25, 0.3) is 0 Å². The Morgan fingerprint density at radius 1 is 0.833 bits per heavy atom. The van der Waals surface area contributed by atoms with Crippen LogP contribution >= 0.6 is 15.9 Å². The van der Waals surface area contributed by atoms with E-state index in [0.29, 0.717) is 18.1 Å². The molecule has 6 heteroatoms. The number of hydrogen-bond donors (Lipinski definition) is 0. The molecular weight excluding hydrogens is 460 g/mol. The van der Waals surface area contributed by atoms with Crippen molar-refractivity contribution in [2.24, 2.45) is 0 Å². The lowest BCUT2D eigenvalue weighted by molar-refractivity contribution is 0.600. The minimum absolute atomic E-state index is 0.533. The van der Waals surface area contributed by atoms with Crippen LogP contribution < -0.4 is 4.31 Å². The van der Waals surface area contributed by atoms with Gasteiger partial charge in [-0.1, -0.05) is 76.6 Å². The van der Waals surface area contributed by atoms with Crippen LogP contribution in [0.4, 0.5) is 11.5 Å². The van der Waals surface area contributed by atoms with Gasteiger partial charge in [-0.2, -0.15) is 0 Å². The van der Waals surface area contributed by atoms with Gasteiger partial charge in [-0.15, -0.1) is 0 Å². The summed E-state index contributed by atoms with van der Waals surface area (Å²) in [6, 6.07) is 31.1. The second kappa shape index (κ2) is 8.50. The summed E-state index contributed by atoms with van der Waals surface area (Å²) < 4.78 is 30.1. The number of halogens is 1. The molecule has 0 aliphatic carbocycles. The second-order valence-corrected chi connectivity index (χ2v) is 9.77. The molecular formula is C24H21BrN2O2S. The molecule has 0 saturated heterocycles. The summed E-state index contributed by atoms with van der Waals surface area (Å²) in [7, 11) is -3.56. The third-order valence-corrected chi connectivity index (χ3v) is 6.34. The fourth-order valence-corrected chi connectivity index (χ4v) is 4.99. The molecule has 3 aromatic carbocycles. The van der Waals surface area contributed by atoms with E-state index >= 15 is 0 Å². The highest BCUT2D eigenvalue weighted by Gasteiger charge is 2.24. The van der Waals surface area contributed by atoms with Gasteiger partial charge in [0.1, 0.15) is 5.82 Å². The Bertz CT molecular complexity index is 1250. The molecule has 0 aliphatic heterocycles. The van der Waals surface area contributed by atoms with Crippen LogP contribution in [0, 0.1) is 0 Å². The van der Waals surface area contributed by atoms with Crippen molar-refractivity contribution in [2.75, 3.05) is 10.6 Å². The maximum absolute atomic E-state index is 12.8. The van der Waals surface area contributed by atoms with Crippen LogP contribution in [-0.2, 0) is 16.6 Å². The summed E-state index contributed by atoms with van der Waals surface area (Å²) in [6.45, 7) is 0.533. The molecule has 0 unspecified atom stereocenters. The average molecular weight is 481 g/mol. The van der Waals surface area contributed by atoms with Crippen LogP contribution in [0.3, 0.4) is 0 Å². The molecule has 0 N–H and O–H groups in total. The number of aromatic nitrogens is 1. The maximum atomic E-state index is 12.8. The van der Waals surface area contributed by atoms with Crippen molar-refractivity contribution in [1.29, 1.82) is 0 Å². The van der Waals surface area contributed by atoms with E-state index in [2.05, 4.69) is 15.9 Å². The lowest BCUT2D eigenvalue weighted by Gasteiger charge is -2.25. The fourth-order valence-electron chi connectivity index (χ4n) is 3.54. The molecule has 0 spiro atoms. The molecule has 1 aromatic heterocycles. The lowest BCUT2D eigenvalue weighted by Crippen LogP contribution is -2.27. The van der Waals surface area contributed by atoms with Crippen LogP contribution in [0.15, 0.2) is 102 Å². The van der Waals surface area contributed by atoms with Crippen LogP contribution in [0.1, 0.15) is 5.56 Å². The van der Waals surface area contributed by atoms with E-state index in [-0.39, 0.29) is 0 Å². The fraction of sp³-hybridized carbons (Fsp3) is 0.0833. The number of nitrogens with zero attached hydrogens (tertiary/aromatic N) is 2. The molecule has 30 heavy (non-hydrogen) atoms. The zero-order valence-electron chi connectivity index (χ0n) is 16.4. The summed E-state index contributed by atoms with van der Waals surface area (Å²) in [5, 5.41) is 0. The third-order valence-electron chi connectivity index (χ3n) is 4.79. The highest BCUT2D eigenvalue weighted by atomic mass is 79.9. The Morgan fingerprint density at radius 3 is 2.13 bits per heavy atom. The molecule has 4 aromatic rings. The normalized spacial score (nSPS) is 11.4. The number of benzene rings is 3. The smallest absolute Gasteiger partial charge is 0.237 e. The summed E-state index contributed by atoms with van der Waals surface area (Å²) in [4.78, 5) is 0. The summed E-state index contributed by atoms with van der Waals surface area (Å²) in [5.41, 5.74) is 3.66.